The second kappa shape index (κ2) is 6.57. The molecule has 0 saturated carbocycles. The van der Waals surface area contributed by atoms with Gasteiger partial charge >= 0.3 is 0 Å². The quantitative estimate of drug-likeness (QED) is 0.766. The third-order valence-electron chi connectivity index (χ3n) is 3.98. The summed E-state index contributed by atoms with van der Waals surface area (Å²) in [6.07, 6.45) is 0.500. The Morgan fingerprint density at radius 1 is 1.14 bits per heavy atom. The SMILES string of the molecule is CN1CCN(C(=O)C2CSCN2C(=O)CC(C)(C)C)CC1. The standard InChI is InChI=1S/C15H27N3O2S/c1-15(2,3)9-13(19)18-11-21-10-12(18)14(20)17-7-5-16(4)6-8-17/h12H,5-11H2,1-4H3. The summed E-state index contributed by atoms with van der Waals surface area (Å²) in [6.45, 7) is 9.57. The van der Waals surface area contributed by atoms with E-state index in [4.69, 9.17) is 0 Å². The highest BCUT2D eigenvalue weighted by atomic mass is 32.2. The Kier molecular flexibility index (Phi) is 5.20. The smallest absolute Gasteiger partial charge is 0.246 e. The molecule has 0 N–H and O–H groups in total. The first-order valence-corrected chi connectivity index (χ1v) is 8.78. The first-order valence-electron chi connectivity index (χ1n) is 7.62. The molecule has 1 unspecified atom stereocenters. The molecule has 0 spiro atoms. The number of nitrogens with zero attached hydrogens (tertiary/aromatic N) is 3. The summed E-state index contributed by atoms with van der Waals surface area (Å²) < 4.78 is 0. The van der Waals surface area contributed by atoms with Gasteiger partial charge in [0.2, 0.25) is 11.8 Å². The van der Waals surface area contributed by atoms with Crippen LogP contribution in [0.15, 0.2) is 0 Å². The summed E-state index contributed by atoms with van der Waals surface area (Å²) in [5.74, 6) is 1.63. The van der Waals surface area contributed by atoms with Crippen molar-refractivity contribution in [1.29, 1.82) is 0 Å². The molecule has 2 rings (SSSR count). The minimum Gasteiger partial charge on any atom is -0.338 e. The number of rotatable bonds is 2. The van der Waals surface area contributed by atoms with Gasteiger partial charge in [0.15, 0.2) is 0 Å². The number of hydrogen-bond donors (Lipinski definition) is 0. The van der Waals surface area contributed by atoms with Gasteiger partial charge in [0.1, 0.15) is 6.04 Å². The van der Waals surface area contributed by atoms with Crippen molar-refractivity contribution in [2.45, 2.75) is 33.2 Å². The largest absolute Gasteiger partial charge is 0.338 e. The molecule has 2 aliphatic rings. The van der Waals surface area contributed by atoms with Crippen molar-refractivity contribution in [1.82, 2.24) is 14.7 Å². The van der Waals surface area contributed by atoms with Crippen LogP contribution in [-0.4, -0.2) is 77.4 Å². The predicted molar refractivity (Wildman–Crippen MR) is 86.1 cm³/mol. The van der Waals surface area contributed by atoms with E-state index < -0.39 is 0 Å². The minimum absolute atomic E-state index is 0.0359. The first kappa shape index (κ1) is 16.6. The monoisotopic (exact) mass is 313 g/mol. The molecular formula is C15H27N3O2S. The van der Waals surface area contributed by atoms with Crippen molar-refractivity contribution in [3.05, 3.63) is 0 Å². The van der Waals surface area contributed by atoms with Gasteiger partial charge in [-0.15, -0.1) is 11.8 Å². The van der Waals surface area contributed by atoms with Crippen molar-refractivity contribution in [3.8, 4) is 0 Å². The molecule has 2 fully saturated rings. The summed E-state index contributed by atoms with van der Waals surface area (Å²) in [4.78, 5) is 31.1. The fourth-order valence-electron chi connectivity index (χ4n) is 2.69. The second-order valence-electron chi connectivity index (χ2n) is 7.25. The summed E-state index contributed by atoms with van der Waals surface area (Å²) in [7, 11) is 2.08. The van der Waals surface area contributed by atoms with Crippen LogP contribution in [0.5, 0.6) is 0 Å². The van der Waals surface area contributed by atoms with Gasteiger partial charge in [-0.3, -0.25) is 9.59 Å². The zero-order valence-corrected chi connectivity index (χ0v) is 14.4. The van der Waals surface area contributed by atoms with E-state index in [9.17, 15) is 9.59 Å². The highest BCUT2D eigenvalue weighted by Crippen LogP contribution is 2.27. The van der Waals surface area contributed by atoms with Crippen molar-refractivity contribution < 1.29 is 9.59 Å². The molecule has 1 atom stereocenters. The predicted octanol–water partition coefficient (Wildman–Crippen LogP) is 1.10. The van der Waals surface area contributed by atoms with E-state index in [1.54, 1.807) is 16.7 Å². The van der Waals surface area contributed by atoms with Crippen LogP contribution in [0.1, 0.15) is 27.2 Å². The average molecular weight is 313 g/mol. The molecule has 0 bridgehead atoms. The van der Waals surface area contributed by atoms with Crippen LogP contribution < -0.4 is 0 Å². The molecule has 0 aromatic heterocycles. The Morgan fingerprint density at radius 3 is 2.33 bits per heavy atom. The maximum absolute atomic E-state index is 12.7. The topological polar surface area (TPSA) is 43.9 Å². The van der Waals surface area contributed by atoms with E-state index in [0.29, 0.717) is 12.3 Å². The number of piperazine rings is 1. The normalized spacial score (nSPS) is 24.5. The maximum Gasteiger partial charge on any atom is 0.246 e. The molecule has 2 saturated heterocycles. The average Bonchev–Trinajstić information content (AvgIpc) is 2.86. The number of carbonyl (C=O) groups is 2. The van der Waals surface area contributed by atoms with Crippen LogP contribution >= 0.6 is 11.8 Å². The summed E-state index contributed by atoms with van der Waals surface area (Å²) in [6, 6.07) is -0.256. The molecule has 0 aliphatic carbocycles. The highest BCUT2D eigenvalue weighted by Gasteiger charge is 2.38. The zero-order chi connectivity index (χ0) is 15.6. The fraction of sp³-hybridized carbons (Fsp3) is 0.867. The fourth-order valence-corrected chi connectivity index (χ4v) is 3.86. The summed E-state index contributed by atoms with van der Waals surface area (Å²) in [5, 5.41) is 0. The minimum atomic E-state index is -0.256. The molecule has 0 aromatic carbocycles. The van der Waals surface area contributed by atoms with E-state index in [-0.39, 0.29) is 23.3 Å². The van der Waals surface area contributed by atoms with Crippen molar-refractivity contribution in [3.63, 3.8) is 0 Å². The van der Waals surface area contributed by atoms with Gasteiger partial charge in [0, 0.05) is 38.4 Å². The number of likely N-dealkylation sites (N-methyl/N-ethyl adjacent to an activating group) is 1. The molecular weight excluding hydrogens is 286 g/mol. The van der Waals surface area contributed by atoms with E-state index in [1.807, 2.05) is 4.90 Å². The van der Waals surface area contributed by atoms with Crippen molar-refractivity contribution in [2.24, 2.45) is 5.41 Å². The molecule has 2 amide bonds. The highest BCUT2D eigenvalue weighted by molar-refractivity contribution is 7.99. The van der Waals surface area contributed by atoms with E-state index in [2.05, 4.69) is 32.7 Å². The maximum atomic E-state index is 12.7. The lowest BCUT2D eigenvalue weighted by atomic mass is 9.91. The molecule has 6 heteroatoms. The third kappa shape index (κ3) is 4.36. The number of carbonyl (C=O) groups excluding carboxylic acids is 2. The Balaban J connectivity index is 1.98. The van der Waals surface area contributed by atoms with Crippen LogP contribution in [0, 0.1) is 5.41 Å². The third-order valence-corrected chi connectivity index (χ3v) is 5.00. The second-order valence-corrected chi connectivity index (χ2v) is 8.24. The van der Waals surface area contributed by atoms with E-state index >= 15 is 0 Å². The van der Waals surface area contributed by atoms with Crippen molar-refractivity contribution in [2.75, 3.05) is 44.9 Å². The molecule has 21 heavy (non-hydrogen) atoms. The summed E-state index contributed by atoms with van der Waals surface area (Å²) >= 11 is 1.68. The first-order chi connectivity index (χ1) is 9.78. The van der Waals surface area contributed by atoms with Crippen LogP contribution in [0.3, 0.4) is 0 Å². The Bertz CT molecular complexity index is 400. The van der Waals surface area contributed by atoms with Gasteiger partial charge in [-0.25, -0.2) is 0 Å². The molecule has 5 nitrogen and oxygen atoms in total. The Morgan fingerprint density at radius 2 is 1.76 bits per heavy atom. The van der Waals surface area contributed by atoms with E-state index in [1.165, 1.54) is 0 Å². The molecule has 0 radical (unpaired) electrons. The van der Waals surface area contributed by atoms with Gasteiger partial charge in [-0.2, -0.15) is 0 Å². The van der Waals surface area contributed by atoms with Gasteiger partial charge < -0.3 is 14.7 Å². The van der Waals surface area contributed by atoms with Gasteiger partial charge in [0.25, 0.3) is 0 Å². The number of thioether (sulfide) groups is 1. The van der Waals surface area contributed by atoms with Crippen LogP contribution in [0.25, 0.3) is 0 Å². The van der Waals surface area contributed by atoms with Crippen molar-refractivity contribution >= 4 is 23.6 Å². The zero-order valence-electron chi connectivity index (χ0n) is 13.6. The van der Waals surface area contributed by atoms with Crippen LogP contribution in [0.4, 0.5) is 0 Å². The number of hydrogen-bond acceptors (Lipinski definition) is 4. The van der Waals surface area contributed by atoms with Gasteiger partial charge in [0.05, 0.1) is 5.88 Å². The van der Waals surface area contributed by atoms with Gasteiger partial charge in [-0.1, -0.05) is 20.8 Å². The lowest BCUT2D eigenvalue weighted by Gasteiger charge is -2.36. The molecule has 2 heterocycles. The van der Waals surface area contributed by atoms with Crippen LogP contribution in [0.2, 0.25) is 0 Å². The van der Waals surface area contributed by atoms with Gasteiger partial charge in [-0.05, 0) is 12.5 Å². The summed E-state index contributed by atoms with van der Waals surface area (Å²) in [5.41, 5.74) is -0.0359. The lowest BCUT2D eigenvalue weighted by Crippen LogP contribution is -2.54. The molecule has 120 valence electrons. The number of amides is 2. The molecule has 2 aliphatic heterocycles. The molecule has 0 aromatic rings. The lowest BCUT2D eigenvalue weighted by molar-refractivity contribution is -0.145. The van der Waals surface area contributed by atoms with Crippen LogP contribution in [-0.2, 0) is 9.59 Å². The Hall–Kier alpha value is -0.750. The van der Waals surface area contributed by atoms with E-state index in [0.717, 1.165) is 31.9 Å². The Labute approximate surface area is 132 Å².